The SMILES string of the molecule is OC/C(I)=C(\Cl)c1ccccc1. The lowest BCUT2D eigenvalue weighted by atomic mass is 10.2. The van der Waals surface area contributed by atoms with Gasteiger partial charge in [0.25, 0.3) is 0 Å². The van der Waals surface area contributed by atoms with Crippen molar-refractivity contribution >= 4 is 39.2 Å². The zero-order valence-electron chi connectivity index (χ0n) is 6.30. The fourth-order valence-electron chi connectivity index (χ4n) is 0.811. The summed E-state index contributed by atoms with van der Waals surface area (Å²) >= 11 is 8.00. The molecule has 0 aliphatic carbocycles. The van der Waals surface area contributed by atoms with E-state index in [0.29, 0.717) is 5.03 Å². The second-order valence-corrected chi connectivity index (χ2v) is 3.92. The minimum atomic E-state index is -0.00567. The summed E-state index contributed by atoms with van der Waals surface area (Å²) < 4.78 is 0.764. The summed E-state index contributed by atoms with van der Waals surface area (Å²) in [5.41, 5.74) is 0.942. The van der Waals surface area contributed by atoms with E-state index in [-0.39, 0.29) is 6.61 Å². The molecule has 64 valence electrons. The van der Waals surface area contributed by atoms with E-state index in [9.17, 15) is 0 Å². The molecule has 12 heavy (non-hydrogen) atoms. The Balaban J connectivity index is 3.00. The van der Waals surface area contributed by atoms with E-state index >= 15 is 0 Å². The van der Waals surface area contributed by atoms with E-state index in [0.717, 1.165) is 9.14 Å². The summed E-state index contributed by atoms with van der Waals surface area (Å²) in [6.07, 6.45) is 0. The molecule has 0 aliphatic heterocycles. The molecule has 0 amide bonds. The summed E-state index contributed by atoms with van der Waals surface area (Å²) in [6.45, 7) is -0.00567. The highest BCUT2D eigenvalue weighted by atomic mass is 127. The first-order valence-corrected chi connectivity index (χ1v) is 4.92. The van der Waals surface area contributed by atoms with Crippen LogP contribution in [0.4, 0.5) is 0 Å². The Kier molecular flexibility index (Phi) is 4.05. The maximum Gasteiger partial charge on any atom is 0.0754 e. The van der Waals surface area contributed by atoms with Gasteiger partial charge in [0.05, 0.1) is 11.6 Å². The van der Waals surface area contributed by atoms with Gasteiger partial charge in [-0.1, -0.05) is 41.9 Å². The van der Waals surface area contributed by atoms with Crippen LogP contribution in [0.3, 0.4) is 0 Å². The topological polar surface area (TPSA) is 20.2 Å². The predicted octanol–water partition coefficient (Wildman–Crippen LogP) is 3.02. The maximum atomic E-state index is 8.82. The van der Waals surface area contributed by atoms with E-state index in [4.69, 9.17) is 16.7 Å². The normalized spacial score (nSPS) is 12.6. The van der Waals surface area contributed by atoms with Gasteiger partial charge in [-0.25, -0.2) is 0 Å². The van der Waals surface area contributed by atoms with Gasteiger partial charge in [0.1, 0.15) is 0 Å². The third-order valence-electron chi connectivity index (χ3n) is 1.40. The molecule has 1 rings (SSSR count). The second kappa shape index (κ2) is 4.84. The van der Waals surface area contributed by atoms with Crippen molar-refractivity contribution < 1.29 is 5.11 Å². The molecule has 0 spiro atoms. The van der Waals surface area contributed by atoms with E-state index in [2.05, 4.69) is 0 Å². The molecule has 3 heteroatoms. The standard InChI is InChI=1S/C9H8ClIO/c10-9(8(11)6-12)7-4-2-1-3-5-7/h1-5,12H,6H2/b9-8+. The van der Waals surface area contributed by atoms with Crippen molar-refractivity contribution in [2.45, 2.75) is 0 Å². The first kappa shape index (κ1) is 10.0. The van der Waals surface area contributed by atoms with E-state index in [1.165, 1.54) is 0 Å². The monoisotopic (exact) mass is 294 g/mol. The number of benzene rings is 1. The Morgan fingerprint density at radius 3 is 2.42 bits per heavy atom. The van der Waals surface area contributed by atoms with Gasteiger partial charge < -0.3 is 5.11 Å². The van der Waals surface area contributed by atoms with Gasteiger partial charge in [-0.15, -0.1) is 0 Å². The minimum absolute atomic E-state index is 0.00567. The molecular weight excluding hydrogens is 286 g/mol. The molecule has 1 aromatic carbocycles. The van der Waals surface area contributed by atoms with E-state index in [1.54, 1.807) is 0 Å². The molecule has 0 atom stereocenters. The van der Waals surface area contributed by atoms with Crippen LogP contribution in [-0.4, -0.2) is 11.7 Å². The Bertz CT molecular complexity index is 282. The molecule has 0 aliphatic rings. The molecule has 0 radical (unpaired) electrons. The Hall–Kier alpha value is -0.0600. The van der Waals surface area contributed by atoms with Gasteiger partial charge in [0.2, 0.25) is 0 Å². The highest BCUT2D eigenvalue weighted by Gasteiger charge is 2.01. The van der Waals surface area contributed by atoms with Crippen molar-refractivity contribution in [2.24, 2.45) is 0 Å². The van der Waals surface area contributed by atoms with Gasteiger partial charge in [-0.3, -0.25) is 0 Å². The Morgan fingerprint density at radius 2 is 1.92 bits per heavy atom. The lowest BCUT2D eigenvalue weighted by Gasteiger charge is -2.00. The average molecular weight is 295 g/mol. The molecule has 0 aromatic heterocycles. The van der Waals surface area contributed by atoms with Gasteiger partial charge in [-0.2, -0.15) is 0 Å². The van der Waals surface area contributed by atoms with E-state index < -0.39 is 0 Å². The van der Waals surface area contributed by atoms with E-state index in [1.807, 2.05) is 52.9 Å². The van der Waals surface area contributed by atoms with Crippen LogP contribution in [0.2, 0.25) is 0 Å². The van der Waals surface area contributed by atoms with Crippen molar-refractivity contribution in [3.8, 4) is 0 Å². The summed E-state index contributed by atoms with van der Waals surface area (Å²) in [5, 5.41) is 9.44. The van der Waals surface area contributed by atoms with Crippen LogP contribution in [0.15, 0.2) is 33.9 Å². The van der Waals surface area contributed by atoms with Crippen molar-refractivity contribution in [3.05, 3.63) is 39.5 Å². The molecule has 0 bridgehead atoms. The predicted molar refractivity (Wildman–Crippen MR) is 60.3 cm³/mol. The molecule has 0 heterocycles. The Morgan fingerprint density at radius 1 is 1.33 bits per heavy atom. The lowest BCUT2D eigenvalue weighted by Crippen LogP contribution is -1.84. The number of hydrogen-bond acceptors (Lipinski definition) is 1. The van der Waals surface area contributed by atoms with Gasteiger partial charge in [0, 0.05) is 3.58 Å². The van der Waals surface area contributed by atoms with Crippen LogP contribution in [0.5, 0.6) is 0 Å². The number of rotatable bonds is 2. The molecule has 1 nitrogen and oxygen atoms in total. The number of aliphatic hydroxyl groups excluding tert-OH is 1. The first-order valence-electron chi connectivity index (χ1n) is 3.46. The van der Waals surface area contributed by atoms with Crippen LogP contribution in [0.1, 0.15) is 5.56 Å². The van der Waals surface area contributed by atoms with Crippen LogP contribution in [0, 0.1) is 0 Å². The molecule has 1 N–H and O–H groups in total. The zero-order valence-corrected chi connectivity index (χ0v) is 9.21. The summed E-state index contributed by atoms with van der Waals surface area (Å²) in [7, 11) is 0. The van der Waals surface area contributed by atoms with Crippen LogP contribution in [-0.2, 0) is 0 Å². The zero-order chi connectivity index (χ0) is 8.97. The highest BCUT2D eigenvalue weighted by molar-refractivity contribution is 14.1. The number of aliphatic hydroxyl groups is 1. The fourth-order valence-corrected chi connectivity index (χ4v) is 1.31. The summed E-state index contributed by atoms with van der Waals surface area (Å²) in [4.78, 5) is 0. The largest absolute Gasteiger partial charge is 0.391 e. The van der Waals surface area contributed by atoms with Crippen molar-refractivity contribution in [2.75, 3.05) is 6.61 Å². The molecule has 0 saturated carbocycles. The number of halogens is 2. The quantitative estimate of drug-likeness (QED) is 0.831. The smallest absolute Gasteiger partial charge is 0.0754 e. The average Bonchev–Trinajstić information content (AvgIpc) is 2.17. The highest BCUT2D eigenvalue weighted by Crippen LogP contribution is 2.25. The summed E-state index contributed by atoms with van der Waals surface area (Å²) in [5.74, 6) is 0. The molecular formula is C9H8ClIO. The van der Waals surface area contributed by atoms with Gasteiger partial charge in [0.15, 0.2) is 0 Å². The minimum Gasteiger partial charge on any atom is -0.391 e. The molecule has 0 unspecified atom stereocenters. The van der Waals surface area contributed by atoms with Crippen molar-refractivity contribution in [1.82, 2.24) is 0 Å². The Labute approximate surface area is 90.2 Å². The van der Waals surface area contributed by atoms with Crippen molar-refractivity contribution in [1.29, 1.82) is 0 Å². The summed E-state index contributed by atoms with van der Waals surface area (Å²) in [6, 6.07) is 9.59. The second-order valence-electron chi connectivity index (χ2n) is 2.24. The van der Waals surface area contributed by atoms with Crippen LogP contribution >= 0.6 is 34.2 Å². The van der Waals surface area contributed by atoms with Crippen LogP contribution in [0.25, 0.3) is 5.03 Å². The molecule has 0 fully saturated rings. The maximum absolute atomic E-state index is 8.82. The van der Waals surface area contributed by atoms with Crippen LogP contribution < -0.4 is 0 Å². The van der Waals surface area contributed by atoms with Gasteiger partial charge >= 0.3 is 0 Å². The third-order valence-corrected chi connectivity index (χ3v) is 3.05. The van der Waals surface area contributed by atoms with Gasteiger partial charge in [-0.05, 0) is 28.2 Å². The third kappa shape index (κ3) is 2.47. The van der Waals surface area contributed by atoms with Crippen molar-refractivity contribution in [3.63, 3.8) is 0 Å². The first-order chi connectivity index (χ1) is 5.75. The number of hydrogen-bond donors (Lipinski definition) is 1. The molecule has 1 aromatic rings. The fraction of sp³-hybridized carbons (Fsp3) is 0.111. The molecule has 0 saturated heterocycles. The lowest BCUT2D eigenvalue weighted by molar-refractivity contribution is 0.342.